The Hall–Kier alpha value is -4.02. The Balaban J connectivity index is 1.19. The van der Waals surface area contributed by atoms with Crippen LogP contribution in [0.4, 0.5) is 5.69 Å². The van der Waals surface area contributed by atoms with Crippen molar-refractivity contribution in [2.24, 2.45) is 22.7 Å². The number of allylic oxidation sites excluding steroid dienone is 2. The minimum absolute atomic E-state index is 0.0320. The maximum atomic E-state index is 14.5. The van der Waals surface area contributed by atoms with Crippen molar-refractivity contribution in [2.75, 3.05) is 5.32 Å². The van der Waals surface area contributed by atoms with Crippen molar-refractivity contribution < 1.29 is 38.9 Å². The summed E-state index contributed by atoms with van der Waals surface area (Å²) in [7, 11) is 0. The molecule has 8 rings (SSSR count). The second-order valence-corrected chi connectivity index (χ2v) is 14.2. The van der Waals surface area contributed by atoms with E-state index in [1.54, 1.807) is 6.26 Å². The lowest BCUT2D eigenvalue weighted by Crippen LogP contribution is -2.57. The van der Waals surface area contributed by atoms with E-state index in [2.05, 4.69) is 18.3 Å². The molecule has 5 aliphatic rings. The van der Waals surface area contributed by atoms with Crippen molar-refractivity contribution in [3.63, 3.8) is 0 Å². The van der Waals surface area contributed by atoms with Gasteiger partial charge in [0.05, 0.1) is 22.9 Å². The molecule has 0 radical (unpaired) electrons. The van der Waals surface area contributed by atoms with Gasteiger partial charge in [-0.25, -0.2) is 4.79 Å². The molecule has 1 aromatic heterocycles. The number of ketones is 1. The van der Waals surface area contributed by atoms with Crippen LogP contribution in [-0.2, 0) is 14.3 Å². The van der Waals surface area contributed by atoms with Crippen LogP contribution in [0.15, 0.2) is 75.1 Å². The maximum absolute atomic E-state index is 14.5. The number of thioether (sulfide) groups is 1. The van der Waals surface area contributed by atoms with Gasteiger partial charge in [0.2, 0.25) is 5.91 Å². The number of phenols is 2. The smallest absolute Gasteiger partial charge is 0.339 e. The first kappa shape index (κ1) is 28.7. The Morgan fingerprint density at radius 2 is 1.93 bits per heavy atom. The first-order chi connectivity index (χ1) is 20.9. The van der Waals surface area contributed by atoms with Gasteiger partial charge in [-0.3, -0.25) is 9.59 Å². The average Bonchev–Trinajstić information content (AvgIpc) is 3.64. The highest BCUT2D eigenvalue weighted by Gasteiger charge is 2.72. The molecule has 6 atom stereocenters. The van der Waals surface area contributed by atoms with Gasteiger partial charge in [0, 0.05) is 28.2 Å². The molecule has 4 fully saturated rings. The maximum Gasteiger partial charge on any atom is 0.339 e. The van der Waals surface area contributed by atoms with Crippen molar-refractivity contribution in [3.8, 4) is 22.8 Å². The molecule has 4 bridgehead atoms. The summed E-state index contributed by atoms with van der Waals surface area (Å²) in [5.41, 5.74) is -1.27. The van der Waals surface area contributed by atoms with Crippen molar-refractivity contribution in [1.82, 2.24) is 0 Å². The molecule has 228 valence electrons. The number of carbonyl (C=O) groups excluding carboxylic acids is 2. The van der Waals surface area contributed by atoms with Gasteiger partial charge < -0.3 is 29.8 Å². The van der Waals surface area contributed by atoms with Crippen LogP contribution in [0.2, 0.25) is 0 Å². The summed E-state index contributed by atoms with van der Waals surface area (Å²) in [6, 6.07) is 13.8. The monoisotopic (exact) mass is 615 g/mol. The summed E-state index contributed by atoms with van der Waals surface area (Å²) in [5.74, 6) is -2.09. The molecule has 0 unspecified atom stereocenters. The van der Waals surface area contributed by atoms with E-state index in [1.807, 2.05) is 43.3 Å². The molecule has 3 heterocycles. The molecule has 3 aliphatic carbocycles. The lowest BCUT2D eigenvalue weighted by molar-refractivity contribution is -0.169. The quantitative estimate of drug-likeness (QED) is 0.206. The molecule has 2 saturated carbocycles. The van der Waals surface area contributed by atoms with Gasteiger partial charge in [0.15, 0.2) is 11.5 Å². The molecule has 3 aromatic rings. The lowest BCUT2D eigenvalue weighted by atomic mass is 9.51. The van der Waals surface area contributed by atoms with Crippen molar-refractivity contribution >= 4 is 35.1 Å². The van der Waals surface area contributed by atoms with Crippen molar-refractivity contribution in [3.05, 3.63) is 71.3 Å². The lowest BCUT2D eigenvalue weighted by Gasteiger charge is -2.56. The van der Waals surface area contributed by atoms with Gasteiger partial charge >= 0.3 is 5.97 Å². The normalized spacial score (nSPS) is 31.5. The topological polar surface area (TPSA) is 146 Å². The molecular weight excluding hydrogens is 582 g/mol. The number of carbonyl (C=O) groups is 3. The molecule has 44 heavy (non-hydrogen) atoms. The highest BCUT2D eigenvalue weighted by atomic mass is 32.2. The number of aromatic hydroxyl groups is 2. The van der Waals surface area contributed by atoms with Crippen LogP contribution in [0.5, 0.6) is 11.5 Å². The van der Waals surface area contributed by atoms with Crippen LogP contribution >= 0.6 is 11.8 Å². The molecule has 2 aliphatic heterocycles. The van der Waals surface area contributed by atoms with E-state index in [0.717, 1.165) is 47.6 Å². The van der Waals surface area contributed by atoms with Gasteiger partial charge in [0.1, 0.15) is 22.8 Å². The molecule has 1 amide bonds. The third kappa shape index (κ3) is 4.37. The van der Waals surface area contributed by atoms with Crippen LogP contribution in [0.25, 0.3) is 11.3 Å². The fourth-order valence-corrected chi connectivity index (χ4v) is 9.78. The van der Waals surface area contributed by atoms with Crippen LogP contribution < -0.4 is 5.32 Å². The van der Waals surface area contributed by atoms with E-state index in [4.69, 9.17) is 9.15 Å². The number of aromatic carboxylic acids is 1. The second kappa shape index (κ2) is 10.0. The molecule has 2 aromatic carbocycles. The summed E-state index contributed by atoms with van der Waals surface area (Å²) < 4.78 is 12.2. The summed E-state index contributed by atoms with van der Waals surface area (Å²) in [6.07, 6.45) is 6.52. The number of hydrogen-bond acceptors (Lipinski definition) is 8. The third-order valence-corrected chi connectivity index (χ3v) is 11.3. The molecule has 10 heteroatoms. The summed E-state index contributed by atoms with van der Waals surface area (Å²) in [6.45, 7) is 4.13. The Kier molecular flexibility index (Phi) is 6.53. The van der Waals surface area contributed by atoms with Gasteiger partial charge in [-0.15, -0.1) is 0 Å². The fourth-order valence-electron chi connectivity index (χ4n) is 8.57. The molecule has 9 nitrogen and oxygen atoms in total. The number of benzene rings is 2. The number of anilines is 1. The first-order valence-corrected chi connectivity index (χ1v) is 15.6. The number of hydrogen-bond donors (Lipinski definition) is 4. The van der Waals surface area contributed by atoms with Gasteiger partial charge in [-0.05, 0) is 80.3 Å². The number of phenolic OH excluding ortho intramolecular Hbond substituents is 1. The third-order valence-electron chi connectivity index (χ3n) is 10.3. The molecule has 4 N–H and O–H groups in total. The number of ether oxygens (including phenoxy) is 1. The van der Waals surface area contributed by atoms with Gasteiger partial charge in [-0.2, -0.15) is 0 Å². The zero-order chi connectivity index (χ0) is 31.0. The van der Waals surface area contributed by atoms with Gasteiger partial charge in [0.25, 0.3) is 0 Å². The SMILES string of the molecule is C[C@]12C[C@@]34C=C(Sc5cccc(-c6ccco6)c5)C(=O)[C@@](C)(CCC(=O)Nc5c(O)ccc(C(=O)O)c5O)[C@@H]3[C@H](C[C@@H]1C4)O2. The number of nitrogens with one attached hydrogen (secondary N) is 1. The van der Waals surface area contributed by atoms with E-state index in [-0.39, 0.29) is 47.4 Å². The number of furan rings is 1. The zero-order valence-corrected chi connectivity index (χ0v) is 25.1. The number of carboxylic acid groups (broad SMARTS) is 1. The van der Waals surface area contributed by atoms with Gasteiger partial charge in [-0.1, -0.05) is 36.9 Å². The van der Waals surface area contributed by atoms with Crippen molar-refractivity contribution in [2.45, 2.75) is 62.6 Å². The summed E-state index contributed by atoms with van der Waals surface area (Å²) >= 11 is 1.44. The number of Topliss-reactive ketones (excluding diaryl/α,β-unsaturated/α-hetero) is 1. The summed E-state index contributed by atoms with van der Waals surface area (Å²) in [4.78, 5) is 40.7. The molecule has 1 spiro atoms. The second-order valence-electron chi connectivity index (χ2n) is 13.1. The minimum atomic E-state index is -1.39. The van der Waals surface area contributed by atoms with Crippen LogP contribution in [-0.4, -0.2) is 44.7 Å². The minimum Gasteiger partial charge on any atom is -0.506 e. The van der Waals surface area contributed by atoms with Crippen molar-refractivity contribution in [1.29, 1.82) is 0 Å². The average molecular weight is 616 g/mol. The predicted octanol–water partition coefficient (Wildman–Crippen LogP) is 6.61. The molecule has 2 saturated heterocycles. The summed E-state index contributed by atoms with van der Waals surface area (Å²) in [5, 5.41) is 32.5. The molecular formula is C34H33NO8S. The Labute approximate surface area is 258 Å². The number of amides is 1. The largest absolute Gasteiger partial charge is 0.506 e. The Morgan fingerprint density at radius 3 is 2.66 bits per heavy atom. The highest BCUT2D eigenvalue weighted by molar-refractivity contribution is 8.04. The van der Waals surface area contributed by atoms with E-state index in [1.165, 1.54) is 11.8 Å². The Bertz CT molecular complexity index is 1730. The standard InChI is InChI=1S/C34H33NO8S/c1-32(11-10-26(37)35-27-22(36)9-8-21(28(27)38)31(40)41)29-24-14-19-15-34(29,17-33(19,2)43-24)16-25(30(32)39)44-20-6-3-5-18(13-20)23-7-4-12-42-23/h3-9,12-13,16,19,24,29,36,38H,10-11,14-15,17H2,1-2H3,(H,35,37)(H,40,41)/t19-,24+,29+,32+,33+,34-/m1/s1. The first-order valence-electron chi connectivity index (χ1n) is 14.8. The Morgan fingerprint density at radius 1 is 1.11 bits per heavy atom. The van der Waals surface area contributed by atoms with Crippen LogP contribution in [0, 0.1) is 22.7 Å². The van der Waals surface area contributed by atoms with Crippen LogP contribution in [0.1, 0.15) is 56.3 Å². The van der Waals surface area contributed by atoms with E-state index >= 15 is 0 Å². The number of rotatable bonds is 8. The van der Waals surface area contributed by atoms with Crippen LogP contribution in [0.3, 0.4) is 0 Å². The van der Waals surface area contributed by atoms with E-state index in [9.17, 15) is 29.7 Å². The fraction of sp³-hybridized carbons (Fsp3) is 0.382. The number of carboxylic acids is 1. The highest BCUT2D eigenvalue weighted by Crippen LogP contribution is 2.72. The van der Waals surface area contributed by atoms with E-state index < -0.39 is 34.4 Å². The zero-order valence-electron chi connectivity index (χ0n) is 24.3. The van der Waals surface area contributed by atoms with E-state index in [0.29, 0.717) is 10.8 Å². The predicted molar refractivity (Wildman–Crippen MR) is 162 cm³/mol.